The highest BCUT2D eigenvalue weighted by Gasteiger charge is 2.36. The number of imidazole rings is 1. The van der Waals surface area contributed by atoms with Crippen molar-refractivity contribution < 1.29 is 18.0 Å². The number of carbonyl (C=O) groups excluding carboxylic acids is 1. The van der Waals surface area contributed by atoms with E-state index in [4.69, 9.17) is 0 Å². The van der Waals surface area contributed by atoms with Crippen molar-refractivity contribution in [3.63, 3.8) is 0 Å². The highest BCUT2D eigenvalue weighted by Crippen LogP contribution is 2.29. The topological polar surface area (TPSA) is 113 Å². The second-order valence-electron chi connectivity index (χ2n) is 7.75. The van der Waals surface area contributed by atoms with Gasteiger partial charge in [0.2, 0.25) is 5.95 Å². The first-order chi connectivity index (χ1) is 14.2. The number of halogens is 3. The van der Waals surface area contributed by atoms with Crippen molar-refractivity contribution in [2.45, 2.75) is 50.4 Å². The molecule has 4 rings (SSSR count). The Bertz CT molecular complexity index is 1020. The maximum atomic E-state index is 12.9. The largest absolute Gasteiger partial charge is 0.401 e. The average Bonchev–Trinajstić information content (AvgIpc) is 3.39. The zero-order valence-electron chi connectivity index (χ0n) is 16.2. The van der Waals surface area contributed by atoms with Gasteiger partial charge in [-0.1, -0.05) is 0 Å². The van der Waals surface area contributed by atoms with Gasteiger partial charge in [0.25, 0.3) is 5.91 Å². The Morgan fingerprint density at radius 1 is 1.33 bits per heavy atom. The third kappa shape index (κ3) is 4.42. The first kappa shape index (κ1) is 20.3. The number of carbonyl (C=O) groups is 1. The summed E-state index contributed by atoms with van der Waals surface area (Å²) >= 11 is 0. The monoisotopic (exact) mass is 422 g/mol. The Morgan fingerprint density at radius 3 is 2.77 bits per heavy atom. The van der Waals surface area contributed by atoms with Gasteiger partial charge in [0, 0.05) is 24.0 Å². The molecule has 1 aliphatic rings. The number of hydrogen-bond acceptors (Lipinski definition) is 6. The van der Waals surface area contributed by atoms with Crippen molar-refractivity contribution in [3.8, 4) is 5.95 Å². The summed E-state index contributed by atoms with van der Waals surface area (Å²) in [5, 5.41) is 12.2. The zero-order chi connectivity index (χ0) is 21.4. The van der Waals surface area contributed by atoms with Gasteiger partial charge in [-0.15, -0.1) is 0 Å². The molecule has 1 aliphatic carbocycles. The van der Waals surface area contributed by atoms with E-state index < -0.39 is 18.3 Å². The Kier molecular flexibility index (Phi) is 5.18. The van der Waals surface area contributed by atoms with Crippen LogP contribution in [0.3, 0.4) is 0 Å². The number of alkyl halides is 3. The summed E-state index contributed by atoms with van der Waals surface area (Å²) in [6.45, 7) is 0.767. The second-order valence-corrected chi connectivity index (χ2v) is 7.75. The number of H-pyrrole nitrogens is 1. The lowest BCUT2D eigenvalue weighted by atomic mass is 9.80. The van der Waals surface area contributed by atoms with Gasteiger partial charge in [0.15, 0.2) is 5.69 Å². The van der Waals surface area contributed by atoms with Crippen molar-refractivity contribution in [1.29, 1.82) is 0 Å². The minimum Gasteiger partial charge on any atom is -0.348 e. The Balaban J connectivity index is 1.45. The molecule has 3 heterocycles. The van der Waals surface area contributed by atoms with Crippen LogP contribution in [0.15, 0.2) is 24.9 Å². The average molecular weight is 422 g/mol. The first-order valence-corrected chi connectivity index (χ1v) is 9.55. The highest BCUT2D eigenvalue weighted by atomic mass is 19.4. The van der Waals surface area contributed by atoms with Gasteiger partial charge in [-0.25, -0.2) is 15.0 Å². The first-order valence-electron chi connectivity index (χ1n) is 9.55. The van der Waals surface area contributed by atoms with Gasteiger partial charge in [0.05, 0.1) is 12.7 Å². The molecule has 9 nitrogen and oxygen atoms in total. The molecule has 30 heavy (non-hydrogen) atoms. The Morgan fingerprint density at radius 2 is 2.10 bits per heavy atom. The SMILES string of the molecule is C[C@]1(NCC(F)(F)F)CC[C@H](NC(=O)c2nc(-n3ccnc3)nc3cn[nH]c23)CC1. The van der Waals surface area contributed by atoms with Crippen molar-refractivity contribution in [2.75, 3.05) is 6.54 Å². The van der Waals surface area contributed by atoms with Crippen LogP contribution in [0.1, 0.15) is 43.1 Å². The maximum Gasteiger partial charge on any atom is 0.401 e. The molecule has 12 heteroatoms. The minimum atomic E-state index is -4.25. The molecule has 0 aliphatic heterocycles. The van der Waals surface area contributed by atoms with Crippen molar-refractivity contribution >= 4 is 16.9 Å². The zero-order valence-corrected chi connectivity index (χ0v) is 16.2. The van der Waals surface area contributed by atoms with Gasteiger partial charge in [-0.05, 0) is 32.6 Å². The number of aromatic amines is 1. The van der Waals surface area contributed by atoms with Crippen LogP contribution in [0.2, 0.25) is 0 Å². The number of fused-ring (bicyclic) bond motifs is 1. The summed E-state index contributed by atoms with van der Waals surface area (Å²) < 4.78 is 39.1. The molecule has 0 unspecified atom stereocenters. The van der Waals surface area contributed by atoms with E-state index in [1.807, 2.05) is 0 Å². The van der Waals surface area contributed by atoms with Gasteiger partial charge in [-0.2, -0.15) is 18.3 Å². The van der Waals surface area contributed by atoms with Crippen LogP contribution >= 0.6 is 0 Å². The van der Waals surface area contributed by atoms with Gasteiger partial charge in [-0.3, -0.25) is 14.5 Å². The fourth-order valence-corrected chi connectivity index (χ4v) is 3.63. The lowest BCUT2D eigenvalue weighted by molar-refractivity contribution is -0.129. The Labute approximate surface area is 169 Å². The fraction of sp³-hybridized carbons (Fsp3) is 0.500. The third-order valence-corrected chi connectivity index (χ3v) is 5.38. The standard InChI is InChI=1S/C18H21F3N8O/c1-17(23-9-18(19,20)21)4-2-11(3-5-17)25-15(30)14-13-12(8-24-28-13)26-16(27-14)29-7-6-22-10-29/h6-8,10-11,23H,2-5,9H2,1H3,(H,24,28)(H,25,30)/t11-,17-. The maximum absolute atomic E-state index is 12.9. The molecule has 0 atom stereocenters. The summed E-state index contributed by atoms with van der Waals surface area (Å²) in [4.78, 5) is 25.6. The van der Waals surface area contributed by atoms with E-state index in [0.717, 1.165) is 0 Å². The van der Waals surface area contributed by atoms with Crippen LogP contribution in [0.25, 0.3) is 17.0 Å². The predicted molar refractivity (Wildman–Crippen MR) is 101 cm³/mol. The number of amides is 1. The molecule has 3 aromatic rings. The molecule has 0 radical (unpaired) electrons. The minimum absolute atomic E-state index is 0.150. The van der Waals surface area contributed by atoms with Crippen LogP contribution in [-0.2, 0) is 0 Å². The number of hydrogen-bond donors (Lipinski definition) is 3. The summed E-state index contributed by atoms with van der Waals surface area (Å²) in [6, 6.07) is -0.150. The summed E-state index contributed by atoms with van der Waals surface area (Å²) in [7, 11) is 0. The fourth-order valence-electron chi connectivity index (χ4n) is 3.63. The van der Waals surface area contributed by atoms with Crippen LogP contribution in [0.5, 0.6) is 0 Å². The number of rotatable bonds is 5. The molecular formula is C18H21F3N8O. The van der Waals surface area contributed by atoms with Gasteiger partial charge in [0.1, 0.15) is 17.4 Å². The van der Waals surface area contributed by atoms with Crippen molar-refractivity contribution in [2.24, 2.45) is 0 Å². The smallest absolute Gasteiger partial charge is 0.348 e. The summed E-state index contributed by atoms with van der Waals surface area (Å²) in [5.74, 6) is -0.0935. The quantitative estimate of drug-likeness (QED) is 0.581. The normalized spacial score (nSPS) is 22.3. The molecule has 3 N–H and O–H groups in total. The van der Waals surface area contributed by atoms with Crippen LogP contribution < -0.4 is 10.6 Å². The number of nitrogens with one attached hydrogen (secondary N) is 3. The molecule has 1 fully saturated rings. The van der Waals surface area contributed by atoms with Crippen LogP contribution in [0.4, 0.5) is 13.2 Å². The predicted octanol–water partition coefficient (Wildman–Crippen LogP) is 2.12. The van der Waals surface area contributed by atoms with E-state index in [0.29, 0.717) is 42.7 Å². The lowest BCUT2D eigenvalue weighted by Gasteiger charge is -2.38. The molecule has 1 amide bonds. The summed E-state index contributed by atoms with van der Waals surface area (Å²) in [5.41, 5.74) is 0.469. The number of aromatic nitrogens is 6. The summed E-state index contributed by atoms with van der Waals surface area (Å²) in [6.07, 6.45) is 4.22. The van der Waals surface area contributed by atoms with Gasteiger partial charge < -0.3 is 10.6 Å². The van der Waals surface area contributed by atoms with E-state index >= 15 is 0 Å². The van der Waals surface area contributed by atoms with Crippen LogP contribution in [-0.4, -0.2) is 59.9 Å². The molecule has 0 saturated heterocycles. The molecule has 0 bridgehead atoms. The molecule has 0 spiro atoms. The molecule has 1 saturated carbocycles. The molecular weight excluding hydrogens is 401 g/mol. The second kappa shape index (κ2) is 7.67. The van der Waals surface area contributed by atoms with Crippen molar-refractivity contribution in [3.05, 3.63) is 30.6 Å². The third-order valence-electron chi connectivity index (χ3n) is 5.38. The Hall–Kier alpha value is -3.02. The van der Waals surface area contributed by atoms with E-state index in [-0.39, 0.29) is 17.6 Å². The lowest BCUT2D eigenvalue weighted by Crippen LogP contribution is -2.51. The number of nitrogens with zero attached hydrogens (tertiary/aromatic N) is 5. The van der Waals surface area contributed by atoms with E-state index in [1.165, 1.54) is 12.5 Å². The molecule has 3 aromatic heterocycles. The van der Waals surface area contributed by atoms with E-state index in [2.05, 4.69) is 35.8 Å². The highest BCUT2D eigenvalue weighted by molar-refractivity contribution is 6.02. The molecule has 0 aromatic carbocycles. The van der Waals surface area contributed by atoms with Crippen LogP contribution in [0, 0.1) is 0 Å². The molecule has 160 valence electrons. The van der Waals surface area contributed by atoms with E-state index in [1.54, 1.807) is 23.9 Å². The van der Waals surface area contributed by atoms with Gasteiger partial charge >= 0.3 is 6.18 Å². The van der Waals surface area contributed by atoms with Crippen molar-refractivity contribution in [1.82, 2.24) is 40.3 Å². The van der Waals surface area contributed by atoms with E-state index in [9.17, 15) is 18.0 Å².